The number of rotatable bonds is 8. The monoisotopic (exact) mass is 347 g/mol. The van der Waals surface area contributed by atoms with Crippen LogP contribution in [0.4, 0.5) is 5.13 Å². The van der Waals surface area contributed by atoms with Gasteiger partial charge in [-0.1, -0.05) is 35.2 Å². The van der Waals surface area contributed by atoms with Crippen LogP contribution in [0.3, 0.4) is 0 Å². The van der Waals surface area contributed by atoms with Gasteiger partial charge in [0.05, 0.1) is 19.4 Å². The quantitative estimate of drug-likeness (QED) is 0.486. The number of aryl methyl sites for hydroxylation is 1. The van der Waals surface area contributed by atoms with Crippen LogP contribution in [0.2, 0.25) is 0 Å². The highest BCUT2D eigenvalue weighted by molar-refractivity contribution is 8.01. The zero-order chi connectivity index (χ0) is 15.9. The van der Waals surface area contributed by atoms with Crippen LogP contribution in [0.1, 0.15) is 11.3 Å². The molecule has 2 aromatic heterocycles. The molecule has 0 radical (unpaired) electrons. The minimum absolute atomic E-state index is 0.614. The predicted octanol–water partition coefficient (Wildman–Crippen LogP) is 4.22. The van der Waals surface area contributed by atoms with Crippen molar-refractivity contribution in [3.8, 4) is 5.75 Å². The maximum Gasteiger partial charge on any atom is 0.206 e. The van der Waals surface area contributed by atoms with E-state index >= 15 is 0 Å². The van der Waals surface area contributed by atoms with E-state index < -0.39 is 0 Å². The van der Waals surface area contributed by atoms with Crippen molar-refractivity contribution in [1.82, 2.24) is 10.2 Å². The Balaban J connectivity index is 1.39. The molecule has 7 heteroatoms. The number of thioether (sulfide) groups is 1. The standard InChI is InChI=1S/C16H17N3O2S2/c1-12-4-2-5-13(10-12)21-8-9-22-16-19-18-15(23-16)17-11-14-6-3-7-20-14/h2-7,10H,8-9,11H2,1H3,(H,17,18). The molecule has 23 heavy (non-hydrogen) atoms. The molecular weight excluding hydrogens is 330 g/mol. The molecule has 0 aliphatic carbocycles. The molecule has 0 saturated carbocycles. The van der Waals surface area contributed by atoms with Gasteiger partial charge in [-0.2, -0.15) is 0 Å². The van der Waals surface area contributed by atoms with E-state index in [1.54, 1.807) is 18.0 Å². The number of hydrogen-bond donors (Lipinski definition) is 1. The van der Waals surface area contributed by atoms with Crippen LogP contribution in [-0.2, 0) is 6.54 Å². The average Bonchev–Trinajstić information content (AvgIpc) is 3.21. The largest absolute Gasteiger partial charge is 0.493 e. The van der Waals surface area contributed by atoms with Gasteiger partial charge in [0.2, 0.25) is 5.13 Å². The third-order valence-electron chi connectivity index (χ3n) is 2.97. The first kappa shape index (κ1) is 15.9. The summed E-state index contributed by atoms with van der Waals surface area (Å²) in [6.07, 6.45) is 1.66. The van der Waals surface area contributed by atoms with Crippen LogP contribution in [-0.4, -0.2) is 22.6 Å². The highest BCUT2D eigenvalue weighted by Crippen LogP contribution is 2.25. The van der Waals surface area contributed by atoms with Crippen molar-refractivity contribution in [2.45, 2.75) is 17.8 Å². The molecule has 1 N–H and O–H groups in total. The Kier molecular flexibility index (Phi) is 5.55. The minimum atomic E-state index is 0.614. The number of ether oxygens (including phenoxy) is 1. The van der Waals surface area contributed by atoms with Crippen LogP contribution in [0.25, 0.3) is 0 Å². The van der Waals surface area contributed by atoms with Crippen molar-refractivity contribution in [3.05, 3.63) is 54.0 Å². The van der Waals surface area contributed by atoms with Crippen molar-refractivity contribution in [3.63, 3.8) is 0 Å². The summed E-state index contributed by atoms with van der Waals surface area (Å²) in [7, 11) is 0. The third-order valence-corrected chi connectivity index (χ3v) is 4.95. The lowest BCUT2D eigenvalue weighted by molar-refractivity contribution is 0.343. The fourth-order valence-corrected chi connectivity index (χ4v) is 3.54. The first-order valence-corrected chi connectivity index (χ1v) is 9.02. The molecule has 0 atom stereocenters. The number of benzene rings is 1. The molecule has 0 aliphatic rings. The molecule has 3 rings (SSSR count). The van der Waals surface area contributed by atoms with Gasteiger partial charge in [0.15, 0.2) is 4.34 Å². The third kappa shape index (κ3) is 5.01. The lowest BCUT2D eigenvalue weighted by atomic mass is 10.2. The van der Waals surface area contributed by atoms with Crippen molar-refractivity contribution in [2.75, 3.05) is 17.7 Å². The van der Waals surface area contributed by atoms with E-state index in [-0.39, 0.29) is 0 Å². The van der Waals surface area contributed by atoms with Crippen LogP contribution in [0.5, 0.6) is 5.75 Å². The summed E-state index contributed by atoms with van der Waals surface area (Å²) in [5, 5.41) is 12.3. The topological polar surface area (TPSA) is 60.2 Å². The second kappa shape index (κ2) is 8.03. The Hall–Kier alpha value is -1.99. The summed E-state index contributed by atoms with van der Waals surface area (Å²) < 4.78 is 11.9. The van der Waals surface area contributed by atoms with Crippen molar-refractivity contribution < 1.29 is 9.15 Å². The highest BCUT2D eigenvalue weighted by Gasteiger charge is 2.05. The van der Waals surface area contributed by atoms with Gasteiger partial charge in [0.25, 0.3) is 0 Å². The summed E-state index contributed by atoms with van der Waals surface area (Å²) in [5.41, 5.74) is 1.20. The number of hydrogen-bond acceptors (Lipinski definition) is 7. The molecular formula is C16H17N3O2S2. The number of anilines is 1. The molecule has 0 aliphatic heterocycles. The summed E-state index contributed by atoms with van der Waals surface area (Å²) in [5.74, 6) is 2.62. The molecule has 2 heterocycles. The zero-order valence-electron chi connectivity index (χ0n) is 12.7. The van der Waals surface area contributed by atoms with E-state index in [1.165, 1.54) is 16.9 Å². The first-order valence-electron chi connectivity index (χ1n) is 7.21. The van der Waals surface area contributed by atoms with Gasteiger partial charge in [0.1, 0.15) is 11.5 Å². The average molecular weight is 347 g/mol. The fraction of sp³-hybridized carbons (Fsp3) is 0.250. The summed E-state index contributed by atoms with van der Waals surface area (Å²) >= 11 is 3.18. The van der Waals surface area contributed by atoms with E-state index in [1.807, 2.05) is 30.3 Å². The zero-order valence-corrected chi connectivity index (χ0v) is 14.3. The molecule has 0 unspecified atom stereocenters. The van der Waals surface area contributed by atoms with E-state index in [0.717, 1.165) is 26.7 Å². The van der Waals surface area contributed by atoms with Crippen molar-refractivity contribution >= 4 is 28.2 Å². The number of nitrogens with zero attached hydrogens (tertiary/aromatic N) is 2. The van der Waals surface area contributed by atoms with Gasteiger partial charge in [-0.15, -0.1) is 10.2 Å². The molecule has 120 valence electrons. The van der Waals surface area contributed by atoms with Crippen LogP contribution >= 0.6 is 23.1 Å². The van der Waals surface area contributed by atoms with E-state index in [2.05, 4.69) is 28.5 Å². The fourth-order valence-electron chi connectivity index (χ4n) is 1.91. The molecule has 5 nitrogen and oxygen atoms in total. The SMILES string of the molecule is Cc1cccc(OCCSc2nnc(NCc3ccco3)s2)c1. The summed E-state index contributed by atoms with van der Waals surface area (Å²) in [4.78, 5) is 0. The number of furan rings is 1. The summed E-state index contributed by atoms with van der Waals surface area (Å²) in [6.45, 7) is 3.31. The second-order valence-electron chi connectivity index (χ2n) is 4.82. The van der Waals surface area contributed by atoms with Gasteiger partial charge < -0.3 is 14.5 Å². The highest BCUT2D eigenvalue weighted by atomic mass is 32.2. The molecule has 0 spiro atoms. The maximum atomic E-state index is 5.72. The van der Waals surface area contributed by atoms with E-state index in [0.29, 0.717) is 13.2 Å². The predicted molar refractivity (Wildman–Crippen MR) is 93.3 cm³/mol. The number of nitrogens with one attached hydrogen (secondary N) is 1. The molecule has 0 saturated heterocycles. The molecule has 0 fully saturated rings. The Morgan fingerprint density at radius 3 is 3.04 bits per heavy atom. The second-order valence-corrected chi connectivity index (χ2v) is 7.14. The number of aromatic nitrogens is 2. The Morgan fingerprint density at radius 1 is 1.26 bits per heavy atom. The normalized spacial score (nSPS) is 10.7. The van der Waals surface area contributed by atoms with E-state index in [9.17, 15) is 0 Å². The van der Waals surface area contributed by atoms with Gasteiger partial charge in [-0.3, -0.25) is 0 Å². The maximum absolute atomic E-state index is 5.72. The van der Waals surface area contributed by atoms with Crippen LogP contribution in [0.15, 0.2) is 51.4 Å². The molecule has 0 bridgehead atoms. The Labute approximate surface area is 143 Å². The van der Waals surface area contributed by atoms with Crippen LogP contribution < -0.4 is 10.1 Å². The van der Waals surface area contributed by atoms with Gasteiger partial charge in [-0.05, 0) is 36.8 Å². The molecule has 1 aromatic carbocycles. The minimum Gasteiger partial charge on any atom is -0.493 e. The lowest BCUT2D eigenvalue weighted by Gasteiger charge is -2.05. The smallest absolute Gasteiger partial charge is 0.206 e. The van der Waals surface area contributed by atoms with E-state index in [4.69, 9.17) is 9.15 Å². The van der Waals surface area contributed by atoms with Crippen molar-refractivity contribution in [2.24, 2.45) is 0 Å². The Bertz CT molecular complexity index is 729. The van der Waals surface area contributed by atoms with Crippen LogP contribution in [0, 0.1) is 6.92 Å². The summed E-state index contributed by atoms with van der Waals surface area (Å²) in [6, 6.07) is 11.9. The van der Waals surface area contributed by atoms with Gasteiger partial charge in [-0.25, -0.2) is 0 Å². The molecule has 0 amide bonds. The van der Waals surface area contributed by atoms with Crippen molar-refractivity contribution in [1.29, 1.82) is 0 Å². The lowest BCUT2D eigenvalue weighted by Crippen LogP contribution is -1.99. The van der Waals surface area contributed by atoms with Gasteiger partial charge in [0, 0.05) is 5.75 Å². The Morgan fingerprint density at radius 2 is 2.22 bits per heavy atom. The van der Waals surface area contributed by atoms with Gasteiger partial charge >= 0.3 is 0 Å². The first-order chi connectivity index (χ1) is 11.3. The molecule has 3 aromatic rings.